The number of alkyl halides is 3. The van der Waals surface area contributed by atoms with Crippen LogP contribution in [0, 0.1) is 6.92 Å². The van der Waals surface area contributed by atoms with Gasteiger partial charge in [0.15, 0.2) is 5.65 Å². The van der Waals surface area contributed by atoms with Crippen molar-refractivity contribution in [2.24, 2.45) is 0 Å². The topological polar surface area (TPSA) is 85.3 Å². The fourth-order valence-corrected chi connectivity index (χ4v) is 3.34. The minimum atomic E-state index is -4.42. The maximum atomic E-state index is 12.9. The summed E-state index contributed by atoms with van der Waals surface area (Å²) in [4.78, 5) is 16.5. The van der Waals surface area contributed by atoms with Crippen molar-refractivity contribution in [3.8, 4) is 11.1 Å². The van der Waals surface area contributed by atoms with Crippen molar-refractivity contribution in [3.63, 3.8) is 0 Å². The maximum Gasteiger partial charge on any atom is 0.416 e. The van der Waals surface area contributed by atoms with Crippen LogP contribution in [0.25, 0.3) is 16.8 Å². The SMILES string of the molecule is Cc1cc(NC(=O)Cc2ccc(-c3ccn4nc(N)nc4c3)cc2)ccc1C(F)(F)F. The Hall–Kier alpha value is -3.88. The first-order valence-electron chi connectivity index (χ1n) is 9.38. The molecule has 6 nitrogen and oxygen atoms in total. The molecule has 0 saturated heterocycles. The van der Waals surface area contributed by atoms with Gasteiger partial charge in [-0.15, -0.1) is 5.10 Å². The van der Waals surface area contributed by atoms with Crippen LogP contribution in [0.2, 0.25) is 0 Å². The Morgan fingerprint density at radius 1 is 1.06 bits per heavy atom. The van der Waals surface area contributed by atoms with Gasteiger partial charge in [0.2, 0.25) is 11.9 Å². The van der Waals surface area contributed by atoms with Crippen LogP contribution < -0.4 is 11.1 Å². The Morgan fingerprint density at radius 2 is 1.81 bits per heavy atom. The second-order valence-electron chi connectivity index (χ2n) is 7.14. The van der Waals surface area contributed by atoms with Crippen molar-refractivity contribution in [3.05, 3.63) is 77.5 Å². The zero-order chi connectivity index (χ0) is 22.2. The molecule has 158 valence electrons. The van der Waals surface area contributed by atoms with Gasteiger partial charge in [0, 0.05) is 11.9 Å². The Morgan fingerprint density at radius 3 is 2.48 bits per heavy atom. The molecule has 2 heterocycles. The fraction of sp³-hybridized carbons (Fsp3) is 0.136. The normalized spacial score (nSPS) is 11.6. The van der Waals surface area contributed by atoms with Crippen molar-refractivity contribution in [2.45, 2.75) is 19.5 Å². The highest BCUT2D eigenvalue weighted by Crippen LogP contribution is 2.33. The number of hydrogen-bond donors (Lipinski definition) is 2. The van der Waals surface area contributed by atoms with Gasteiger partial charge in [0.1, 0.15) is 0 Å². The second-order valence-corrected chi connectivity index (χ2v) is 7.14. The summed E-state index contributed by atoms with van der Waals surface area (Å²) in [6.45, 7) is 1.36. The van der Waals surface area contributed by atoms with Crippen molar-refractivity contribution < 1.29 is 18.0 Å². The first kappa shape index (κ1) is 20.4. The summed E-state index contributed by atoms with van der Waals surface area (Å²) in [6, 6.07) is 14.7. The quantitative estimate of drug-likeness (QED) is 0.505. The van der Waals surface area contributed by atoms with E-state index in [0.29, 0.717) is 11.3 Å². The molecule has 0 aliphatic heterocycles. The molecule has 0 fully saturated rings. The zero-order valence-corrected chi connectivity index (χ0v) is 16.4. The summed E-state index contributed by atoms with van der Waals surface area (Å²) in [5, 5.41) is 6.68. The van der Waals surface area contributed by atoms with Gasteiger partial charge in [0.05, 0.1) is 12.0 Å². The van der Waals surface area contributed by atoms with E-state index < -0.39 is 11.7 Å². The number of pyridine rings is 1. The number of carbonyl (C=O) groups excluding carboxylic acids is 1. The van der Waals surface area contributed by atoms with Crippen LogP contribution in [0.5, 0.6) is 0 Å². The van der Waals surface area contributed by atoms with E-state index in [4.69, 9.17) is 5.73 Å². The number of hydrogen-bond acceptors (Lipinski definition) is 4. The number of carbonyl (C=O) groups is 1. The Kier molecular flexibility index (Phi) is 5.10. The molecule has 0 saturated carbocycles. The number of nitrogens with zero attached hydrogens (tertiary/aromatic N) is 3. The van der Waals surface area contributed by atoms with Gasteiger partial charge in [0.25, 0.3) is 0 Å². The third-order valence-electron chi connectivity index (χ3n) is 4.82. The monoisotopic (exact) mass is 425 g/mol. The Balaban J connectivity index is 1.43. The average molecular weight is 425 g/mol. The number of benzene rings is 2. The number of aromatic nitrogens is 3. The molecule has 0 aliphatic carbocycles. The molecule has 9 heteroatoms. The summed E-state index contributed by atoms with van der Waals surface area (Å²) >= 11 is 0. The lowest BCUT2D eigenvalue weighted by molar-refractivity contribution is -0.138. The minimum Gasteiger partial charge on any atom is -0.366 e. The van der Waals surface area contributed by atoms with Crippen LogP contribution in [0.1, 0.15) is 16.7 Å². The molecule has 1 amide bonds. The van der Waals surface area contributed by atoms with Crippen LogP contribution in [0.4, 0.5) is 24.8 Å². The number of nitrogens with two attached hydrogens (primary N) is 1. The molecule has 3 N–H and O–H groups in total. The number of amides is 1. The lowest BCUT2D eigenvalue weighted by Gasteiger charge is -2.12. The van der Waals surface area contributed by atoms with Crippen LogP contribution in [0.3, 0.4) is 0 Å². The molecule has 31 heavy (non-hydrogen) atoms. The number of anilines is 2. The number of aryl methyl sites for hydroxylation is 1. The van der Waals surface area contributed by atoms with Crippen LogP contribution in [-0.2, 0) is 17.4 Å². The maximum absolute atomic E-state index is 12.9. The molecule has 0 spiro atoms. The molecule has 0 atom stereocenters. The molecule has 4 aromatic rings. The lowest BCUT2D eigenvalue weighted by atomic mass is 10.0. The lowest BCUT2D eigenvalue weighted by Crippen LogP contribution is -2.15. The van der Waals surface area contributed by atoms with Gasteiger partial charge in [-0.1, -0.05) is 24.3 Å². The van der Waals surface area contributed by atoms with Gasteiger partial charge in [-0.2, -0.15) is 18.2 Å². The predicted octanol–water partition coefficient (Wildman–Crippen LogP) is 4.49. The summed E-state index contributed by atoms with van der Waals surface area (Å²) in [6.07, 6.45) is -2.55. The Bertz CT molecular complexity index is 1260. The van der Waals surface area contributed by atoms with E-state index in [1.165, 1.54) is 19.1 Å². The van der Waals surface area contributed by atoms with E-state index >= 15 is 0 Å². The van der Waals surface area contributed by atoms with Gasteiger partial charge in [-0.3, -0.25) is 4.79 Å². The molecule has 0 aliphatic rings. The highest BCUT2D eigenvalue weighted by Gasteiger charge is 2.32. The molecular weight excluding hydrogens is 407 g/mol. The number of nitrogen functional groups attached to an aromatic ring is 1. The summed E-state index contributed by atoms with van der Waals surface area (Å²) in [7, 11) is 0. The first-order valence-corrected chi connectivity index (χ1v) is 9.38. The molecule has 0 unspecified atom stereocenters. The highest BCUT2D eigenvalue weighted by molar-refractivity contribution is 5.92. The van der Waals surface area contributed by atoms with Crippen molar-refractivity contribution in [2.75, 3.05) is 11.1 Å². The third-order valence-corrected chi connectivity index (χ3v) is 4.82. The van der Waals surface area contributed by atoms with Crippen molar-refractivity contribution in [1.82, 2.24) is 14.6 Å². The van der Waals surface area contributed by atoms with Gasteiger partial charge < -0.3 is 11.1 Å². The van der Waals surface area contributed by atoms with Crippen LogP contribution in [0.15, 0.2) is 60.8 Å². The molecule has 0 bridgehead atoms. The summed E-state index contributed by atoms with van der Waals surface area (Å²) in [5.41, 5.74) is 8.54. The molecule has 2 aromatic heterocycles. The van der Waals surface area contributed by atoms with Crippen molar-refractivity contribution >= 4 is 23.2 Å². The van der Waals surface area contributed by atoms with E-state index in [2.05, 4.69) is 15.4 Å². The Labute approximate surface area is 175 Å². The number of nitrogens with one attached hydrogen (secondary N) is 1. The minimum absolute atomic E-state index is 0.0565. The van der Waals surface area contributed by atoms with Crippen LogP contribution in [-0.4, -0.2) is 20.5 Å². The van der Waals surface area contributed by atoms with Crippen molar-refractivity contribution in [1.29, 1.82) is 0 Å². The standard InChI is InChI=1S/C22H18F3N5O/c1-13-10-17(6-7-18(13)22(23,24)25)27-20(31)11-14-2-4-15(5-3-14)16-8-9-30-19(12-16)28-21(26)29-30/h2-10,12H,11H2,1H3,(H2,26,29)(H,27,31). The van der Waals surface area contributed by atoms with E-state index in [1.807, 2.05) is 36.4 Å². The van der Waals surface area contributed by atoms with E-state index in [1.54, 1.807) is 10.7 Å². The molecule has 0 radical (unpaired) electrons. The smallest absolute Gasteiger partial charge is 0.366 e. The largest absolute Gasteiger partial charge is 0.416 e. The van der Waals surface area contributed by atoms with E-state index in [9.17, 15) is 18.0 Å². The number of rotatable bonds is 4. The fourth-order valence-electron chi connectivity index (χ4n) is 3.34. The van der Waals surface area contributed by atoms with Gasteiger partial charge in [-0.05, 0) is 59.5 Å². The van der Waals surface area contributed by atoms with E-state index in [-0.39, 0.29) is 23.8 Å². The van der Waals surface area contributed by atoms with Gasteiger partial charge >= 0.3 is 6.18 Å². The summed E-state index contributed by atoms with van der Waals surface area (Å²) in [5.74, 6) is -0.117. The number of fused-ring (bicyclic) bond motifs is 1. The summed E-state index contributed by atoms with van der Waals surface area (Å²) < 4.78 is 40.2. The molecular formula is C22H18F3N5O. The van der Waals surface area contributed by atoms with E-state index in [0.717, 1.165) is 22.8 Å². The predicted molar refractivity (Wildman–Crippen MR) is 111 cm³/mol. The van der Waals surface area contributed by atoms with Crippen LogP contribution >= 0.6 is 0 Å². The number of halogens is 3. The zero-order valence-electron chi connectivity index (χ0n) is 16.4. The first-order chi connectivity index (χ1) is 14.7. The molecule has 2 aromatic carbocycles. The average Bonchev–Trinajstić information content (AvgIpc) is 3.06. The highest BCUT2D eigenvalue weighted by atomic mass is 19.4. The third kappa shape index (κ3) is 4.50. The van der Waals surface area contributed by atoms with Gasteiger partial charge in [-0.25, -0.2) is 4.52 Å². The second kappa shape index (κ2) is 7.75. The molecule has 4 rings (SSSR count).